The summed E-state index contributed by atoms with van der Waals surface area (Å²) >= 11 is 0. The number of hydrogen-bond donors (Lipinski definition) is 4. The molecule has 0 aliphatic heterocycles. The van der Waals surface area contributed by atoms with Gasteiger partial charge < -0.3 is 73.2 Å². The Morgan fingerprint density at radius 1 is 0.366 bits per heavy atom. The maximum atomic E-state index is 13.3. The molecule has 10 aromatic rings. The summed E-state index contributed by atoms with van der Waals surface area (Å²) in [5.41, 5.74) is 7.38. The lowest BCUT2D eigenvalue weighted by Crippen LogP contribution is -2.49. The molecule has 4 aromatic heterocycles. The monoisotopic (exact) mass is 2000 g/mol. The molecule has 0 saturated heterocycles. The number of carbonyl (C=O) groups is 11. The number of anilines is 4. The van der Waals surface area contributed by atoms with Crippen molar-refractivity contribution in [1.82, 2.24) is 55.1 Å². The molecule has 38 nitrogen and oxygen atoms in total. The van der Waals surface area contributed by atoms with Gasteiger partial charge in [-0.1, -0.05) is 192 Å². The van der Waals surface area contributed by atoms with Crippen LogP contribution in [0.1, 0.15) is 138 Å². The molecule has 145 heavy (non-hydrogen) atoms. The number of carbonyl (C=O) groups excluding carboxylic acids is 10. The van der Waals surface area contributed by atoms with Crippen LogP contribution in [0, 0.1) is 29.6 Å². The van der Waals surface area contributed by atoms with Crippen molar-refractivity contribution in [3.8, 4) is 91.0 Å². The van der Waals surface area contributed by atoms with Crippen LogP contribution in [0.3, 0.4) is 0 Å². The summed E-state index contributed by atoms with van der Waals surface area (Å²) in [6, 6.07) is 44.2. The molecule has 38 heteroatoms. The minimum Gasteiger partial charge on any atom is -0.496 e. The number of ether oxygens (including phenoxy) is 11. The molecule has 1 aliphatic carbocycles. The number of amides is 7. The number of carboxylic acids is 1. The largest absolute Gasteiger partial charge is 0.496 e. The van der Waals surface area contributed by atoms with Crippen molar-refractivity contribution in [1.29, 1.82) is 0 Å². The molecule has 4 atom stereocenters. The van der Waals surface area contributed by atoms with Gasteiger partial charge >= 0.3 is 23.9 Å². The Labute approximate surface area is 847 Å². The highest BCUT2D eigenvalue weighted by atomic mass is 16.5. The van der Waals surface area contributed by atoms with E-state index in [2.05, 4.69) is 90.6 Å². The van der Waals surface area contributed by atoms with Crippen LogP contribution in [-0.2, 0) is 106 Å². The topological polar surface area (TPSA) is 430 Å². The number of carboxylic acid groups (broad SMARTS) is 1. The number of rotatable bonds is 52. The number of aryl methyl sites for hydroxylation is 1. The minimum atomic E-state index is -1.01. The third-order valence-corrected chi connectivity index (χ3v) is 23.8. The van der Waals surface area contributed by atoms with Crippen LogP contribution in [0.2, 0.25) is 0 Å². The van der Waals surface area contributed by atoms with E-state index in [1.54, 1.807) is 99.9 Å². The van der Waals surface area contributed by atoms with Crippen LogP contribution in [0.5, 0.6) is 46.0 Å². The highest BCUT2D eigenvalue weighted by Crippen LogP contribution is 2.46. The Morgan fingerprint density at radius 2 is 0.634 bits per heavy atom. The Kier molecular flexibility index (Phi) is 46.3. The van der Waals surface area contributed by atoms with Crippen LogP contribution in [0.25, 0.3) is 45.0 Å². The van der Waals surface area contributed by atoms with Crippen molar-refractivity contribution < 1.29 is 110 Å². The predicted molar refractivity (Wildman–Crippen MR) is 550 cm³/mol. The normalized spacial score (nSPS) is 12.4. The molecule has 6 aromatic carbocycles. The molecule has 4 heterocycles. The Morgan fingerprint density at radius 3 is 0.897 bits per heavy atom. The molecule has 0 bridgehead atoms. The third-order valence-electron chi connectivity index (χ3n) is 23.8. The van der Waals surface area contributed by atoms with Crippen molar-refractivity contribution >= 4 is 90.5 Å². The molecule has 4 N–H and O–H groups in total. The number of hydrogen-bond acceptors (Lipinski definition) is 26. The molecule has 11 rings (SSSR count). The summed E-state index contributed by atoms with van der Waals surface area (Å²) in [6.07, 6.45) is 11.2. The van der Waals surface area contributed by atoms with Crippen LogP contribution in [0.15, 0.2) is 158 Å². The zero-order valence-electron chi connectivity index (χ0n) is 86.7. The molecular formula is C107H141N15O23. The van der Waals surface area contributed by atoms with Crippen molar-refractivity contribution in [2.24, 2.45) is 29.6 Å². The van der Waals surface area contributed by atoms with Gasteiger partial charge in [0.1, 0.15) is 89.8 Å². The number of nitrogens with zero attached hydrogens (tertiary/aromatic N) is 12. The third kappa shape index (κ3) is 31.9. The van der Waals surface area contributed by atoms with E-state index >= 15 is 0 Å². The van der Waals surface area contributed by atoms with Crippen molar-refractivity contribution in [2.45, 2.75) is 190 Å². The highest BCUT2D eigenvalue weighted by Gasteiger charge is 2.38. The zero-order valence-corrected chi connectivity index (χ0v) is 86.7. The fourth-order valence-corrected chi connectivity index (χ4v) is 16.8. The van der Waals surface area contributed by atoms with E-state index in [1.165, 1.54) is 47.3 Å². The van der Waals surface area contributed by atoms with Gasteiger partial charge in [0.2, 0.25) is 43.4 Å². The summed E-state index contributed by atoms with van der Waals surface area (Å²) in [5, 5.41) is 36.6. The zero-order chi connectivity index (χ0) is 106. The number of benzene rings is 6. The first-order valence-electron chi connectivity index (χ1n) is 48.3. The minimum absolute atomic E-state index is 0.205. The maximum Gasteiger partial charge on any atom is 0.326 e. The van der Waals surface area contributed by atoms with Crippen LogP contribution >= 0.6 is 0 Å². The van der Waals surface area contributed by atoms with Gasteiger partial charge in [-0.15, -0.1) is 0 Å². The van der Waals surface area contributed by atoms with Gasteiger partial charge in [0.25, 0.3) is 0 Å². The van der Waals surface area contributed by atoms with E-state index in [0.717, 1.165) is 43.2 Å². The fraction of sp³-hybridized carbons (Fsp3) is 0.449. The average molecular weight is 2010 g/mol. The van der Waals surface area contributed by atoms with E-state index in [4.69, 9.17) is 53.2 Å². The Balaban J connectivity index is 0.000000237. The number of aromatic nitrogens is 8. The lowest BCUT2D eigenvalue weighted by atomic mass is 9.84. The molecule has 782 valence electrons. The van der Waals surface area contributed by atoms with Gasteiger partial charge in [-0.05, 0) is 115 Å². The van der Waals surface area contributed by atoms with Crippen LogP contribution in [0.4, 0.5) is 23.3 Å². The molecule has 1 aliphatic rings. The number of unbranched alkanes of at least 4 members (excludes halogenated alkanes) is 1. The predicted octanol–water partition coefficient (Wildman–Crippen LogP) is 14.2. The summed E-state index contributed by atoms with van der Waals surface area (Å²) in [7, 11) is 16.3. The Bertz CT molecular complexity index is 5760. The van der Waals surface area contributed by atoms with Crippen LogP contribution in [-0.4, -0.2) is 233 Å². The van der Waals surface area contributed by atoms with Gasteiger partial charge in [0.05, 0.1) is 123 Å². The van der Waals surface area contributed by atoms with Crippen LogP contribution < -0.4 is 73.4 Å². The lowest BCUT2D eigenvalue weighted by molar-refractivity contribution is -0.141. The van der Waals surface area contributed by atoms with E-state index in [9.17, 15) is 57.8 Å². The van der Waals surface area contributed by atoms with Gasteiger partial charge in [-0.3, -0.25) is 86.3 Å². The van der Waals surface area contributed by atoms with Crippen molar-refractivity contribution in [2.75, 3.05) is 117 Å². The number of aliphatic carboxylic acids is 1. The first-order chi connectivity index (χ1) is 69.8. The maximum absolute atomic E-state index is 13.3. The average Bonchev–Trinajstić information content (AvgIpc) is 1.64. The molecule has 0 spiro atoms. The second-order valence-electron chi connectivity index (χ2n) is 35.9. The van der Waals surface area contributed by atoms with E-state index in [-0.39, 0.29) is 55.5 Å². The number of esters is 3. The summed E-state index contributed by atoms with van der Waals surface area (Å²) in [5.74, 6) is 3.02. The second-order valence-corrected chi connectivity index (χ2v) is 35.9. The van der Waals surface area contributed by atoms with E-state index < -0.39 is 65.8 Å². The van der Waals surface area contributed by atoms with E-state index in [1.807, 2.05) is 140 Å². The van der Waals surface area contributed by atoms with Gasteiger partial charge in [0.15, 0.2) is 23.3 Å². The highest BCUT2D eigenvalue weighted by molar-refractivity contribution is 5.97. The Hall–Kier alpha value is -15.3. The standard InChI is InChI=1S/C29H36N4O6.C28H34N4O6.C25H36N4O6.C25H35N3O5/c1-20(2)18-33-23(28-24(37-3)12-9-13-25(28)38-4)16-26(31-33)32(19-34)22(29(36)30-17-27(35)39-5)15-14-21-10-7-6-8-11-21;1-19(2)17-32-21(27-23(36-3)12-9-13-24(27)37-4)15-25(30-32)31(18-33)22(14-20-10-7-6-8-11-20)28(35)29-16-26(34)38-5;1-7-8-10-18(25(32)26-14-23(31)35-6)28(16-30)22-13-19(29(27-22)15-17(2)3)24-20(33-4)11-9-12-21(24)34-5;1-17(2)15-28-19(24-21(32-3)11-8-12-22(24)33-4)14-23(26-28)27(16-29)20(25(30)31)13-18-9-6-5-7-10-18/h6-13,16,19-20,22H,14-15,17-18H2,1-5H3,(H,30,36);6-13,15,18-19,22H,14,16-17H2,1-5H3,(H,29,35);9,11-13,16-18H,7-8,10,14-15H2,1-6H3,(H,26,32);8,11-12,14,16-18,20H,5-7,9-10,13,15H2,1-4H3,(H,30,31)/t2*22-;18-;20-/m0000/s1. The van der Waals surface area contributed by atoms with Crippen molar-refractivity contribution in [3.63, 3.8) is 0 Å². The molecule has 1 saturated carbocycles. The smallest absolute Gasteiger partial charge is 0.326 e. The fourth-order valence-electron chi connectivity index (χ4n) is 16.8. The number of nitrogens with one attached hydrogen (secondary N) is 3. The van der Waals surface area contributed by atoms with Gasteiger partial charge in [0, 0.05) is 56.9 Å². The van der Waals surface area contributed by atoms with Gasteiger partial charge in [-0.2, -0.15) is 20.4 Å². The number of methoxy groups -OCH3 is 11. The molecule has 0 unspecified atom stereocenters. The van der Waals surface area contributed by atoms with E-state index in [0.29, 0.717) is 198 Å². The molecular weight excluding hydrogens is 1860 g/mol. The summed E-state index contributed by atoms with van der Waals surface area (Å²) in [6.45, 7) is 19.8. The molecule has 0 radical (unpaired) electrons. The molecule has 7 amide bonds. The van der Waals surface area contributed by atoms with Crippen molar-refractivity contribution in [3.05, 3.63) is 169 Å². The second kappa shape index (κ2) is 58.3. The quantitative estimate of drug-likeness (QED) is 0.0156. The SMILES string of the molecule is CCCC[C@@H](C(=O)NCC(=O)OC)N(C=O)c1cc(-c2c(OC)cccc2OC)n(CC(C)C)n1.COC(=O)CNC(=O)[C@H](CCc1ccccc1)N(C=O)c1cc(-c2c(OC)cccc2OC)n(CC(C)C)n1.COC(=O)CNC(=O)[C@H](Cc1ccccc1)N(C=O)c1cc(-c2c(OC)cccc2OC)n(CC(C)C)n1.COc1cccc(OC)c1-c1cc(N(C=O)[C@@H](CC2CCCCC2)C(=O)O)nn1CC(C)C. The first kappa shape index (κ1) is 115. The first-order valence-corrected chi connectivity index (χ1v) is 48.3. The summed E-state index contributed by atoms with van der Waals surface area (Å²) < 4.78 is 65.9. The summed E-state index contributed by atoms with van der Waals surface area (Å²) in [4.78, 5) is 141. The lowest BCUT2D eigenvalue weighted by Gasteiger charge is -2.29. The van der Waals surface area contributed by atoms with Gasteiger partial charge in [-0.25, -0.2) is 4.79 Å². The molecule has 1 fully saturated rings.